The second-order valence-electron chi connectivity index (χ2n) is 6.95. The number of morpholine rings is 1. The van der Waals surface area contributed by atoms with E-state index in [1.807, 2.05) is 18.2 Å². The van der Waals surface area contributed by atoms with Crippen LogP contribution in [0, 0.1) is 0 Å². The van der Waals surface area contributed by atoms with Crippen molar-refractivity contribution in [1.29, 1.82) is 0 Å². The number of rotatable bonds is 7. The first-order chi connectivity index (χ1) is 11.4. The molecule has 1 fully saturated rings. The molecular weight excluding hydrogens is 306 g/mol. The number of ether oxygens (including phenoxy) is 1. The van der Waals surface area contributed by atoms with E-state index in [0.717, 1.165) is 18.8 Å². The second kappa shape index (κ2) is 8.46. The summed E-state index contributed by atoms with van der Waals surface area (Å²) in [6.45, 7) is 9.59. The Hall–Kier alpha value is -1.63. The topological polar surface area (TPSA) is 73.8 Å². The molecule has 6 nitrogen and oxygen atoms in total. The fourth-order valence-electron chi connectivity index (χ4n) is 2.75. The number of carbonyl (C=O) groups is 1. The monoisotopic (exact) mass is 335 g/mol. The van der Waals surface area contributed by atoms with Gasteiger partial charge in [0.25, 0.3) is 5.91 Å². The van der Waals surface area contributed by atoms with Crippen molar-refractivity contribution in [1.82, 2.24) is 10.2 Å². The number of anilines is 1. The molecule has 1 atom stereocenters. The summed E-state index contributed by atoms with van der Waals surface area (Å²) >= 11 is 0. The van der Waals surface area contributed by atoms with Gasteiger partial charge in [0, 0.05) is 43.5 Å². The van der Waals surface area contributed by atoms with Crippen LogP contribution >= 0.6 is 0 Å². The number of nitrogens with one attached hydrogen (secondary N) is 2. The molecule has 6 heteroatoms. The summed E-state index contributed by atoms with van der Waals surface area (Å²) in [6.07, 6.45) is 0. The molecule has 2 rings (SSSR count). The van der Waals surface area contributed by atoms with Crippen molar-refractivity contribution in [3.8, 4) is 0 Å². The summed E-state index contributed by atoms with van der Waals surface area (Å²) in [7, 11) is 0. The average Bonchev–Trinajstić information content (AvgIpc) is 2.53. The summed E-state index contributed by atoms with van der Waals surface area (Å²) < 4.78 is 5.31. The molecular formula is C18H29N3O3. The molecule has 1 aliphatic rings. The second-order valence-corrected chi connectivity index (χ2v) is 6.95. The van der Waals surface area contributed by atoms with E-state index in [0.29, 0.717) is 31.4 Å². The lowest BCUT2D eigenvalue weighted by Gasteiger charge is -2.33. The minimum Gasteiger partial charge on any atom is -0.387 e. The van der Waals surface area contributed by atoms with E-state index in [2.05, 4.69) is 29.4 Å². The van der Waals surface area contributed by atoms with Gasteiger partial charge in [0.05, 0.1) is 18.8 Å². The van der Waals surface area contributed by atoms with Crippen LogP contribution in [0.5, 0.6) is 0 Å². The zero-order valence-corrected chi connectivity index (χ0v) is 14.8. The summed E-state index contributed by atoms with van der Waals surface area (Å²) in [5.74, 6) is -0.176. The molecule has 3 N–H and O–H groups in total. The predicted octanol–water partition coefficient (Wildman–Crippen LogP) is 1.32. The first-order valence-corrected chi connectivity index (χ1v) is 8.53. The smallest absolute Gasteiger partial charge is 0.251 e. The zero-order chi connectivity index (χ0) is 17.6. The molecule has 1 aromatic rings. The van der Waals surface area contributed by atoms with E-state index in [1.165, 1.54) is 0 Å². The maximum Gasteiger partial charge on any atom is 0.251 e. The van der Waals surface area contributed by atoms with Gasteiger partial charge in [0.15, 0.2) is 0 Å². The number of hydrogen-bond acceptors (Lipinski definition) is 5. The van der Waals surface area contributed by atoms with Crippen LogP contribution in [0.1, 0.15) is 31.1 Å². The van der Waals surface area contributed by atoms with Crippen LogP contribution in [-0.2, 0) is 4.74 Å². The van der Waals surface area contributed by atoms with Gasteiger partial charge in [-0.3, -0.25) is 9.69 Å². The van der Waals surface area contributed by atoms with E-state index in [-0.39, 0.29) is 12.5 Å². The van der Waals surface area contributed by atoms with Gasteiger partial charge < -0.3 is 20.5 Å². The molecule has 0 aromatic heterocycles. The maximum absolute atomic E-state index is 12.3. The van der Waals surface area contributed by atoms with Crippen LogP contribution in [0.15, 0.2) is 24.3 Å². The SMILES string of the molecule is CC(C)Nc1cccc(C(=O)NC[C@@](C)(O)CN2CCOCC2)c1. The lowest BCUT2D eigenvalue weighted by Crippen LogP contribution is -2.51. The number of carbonyl (C=O) groups excluding carboxylic acids is 1. The van der Waals surface area contributed by atoms with Gasteiger partial charge in [-0.1, -0.05) is 6.07 Å². The fraction of sp³-hybridized carbons (Fsp3) is 0.611. The number of benzene rings is 1. The maximum atomic E-state index is 12.3. The van der Waals surface area contributed by atoms with Gasteiger partial charge in [-0.25, -0.2) is 0 Å². The Bertz CT molecular complexity index is 540. The Morgan fingerprint density at radius 1 is 1.38 bits per heavy atom. The van der Waals surface area contributed by atoms with Crippen LogP contribution in [-0.4, -0.2) is 66.9 Å². The Kier molecular flexibility index (Phi) is 6.60. The quantitative estimate of drug-likeness (QED) is 0.701. The van der Waals surface area contributed by atoms with E-state index in [9.17, 15) is 9.90 Å². The Morgan fingerprint density at radius 2 is 2.08 bits per heavy atom. The molecule has 1 saturated heterocycles. The normalized spacial score (nSPS) is 18.2. The standard InChI is InChI=1S/C18H29N3O3/c1-14(2)20-16-6-4-5-15(11-16)17(22)19-12-18(3,23)13-21-7-9-24-10-8-21/h4-6,11,14,20,23H,7-10,12-13H2,1-3H3,(H,19,22)/t18-/m1/s1. The van der Waals surface area contributed by atoms with Gasteiger partial charge in [-0.15, -0.1) is 0 Å². The average molecular weight is 335 g/mol. The van der Waals surface area contributed by atoms with Crippen molar-refractivity contribution >= 4 is 11.6 Å². The van der Waals surface area contributed by atoms with Crippen LogP contribution in [0.3, 0.4) is 0 Å². The van der Waals surface area contributed by atoms with Crippen molar-refractivity contribution < 1.29 is 14.6 Å². The molecule has 0 bridgehead atoms. The number of amides is 1. The van der Waals surface area contributed by atoms with Gasteiger partial charge in [-0.05, 0) is 39.0 Å². The fourth-order valence-corrected chi connectivity index (χ4v) is 2.75. The minimum atomic E-state index is -0.971. The zero-order valence-electron chi connectivity index (χ0n) is 14.8. The molecule has 1 aromatic carbocycles. The first-order valence-electron chi connectivity index (χ1n) is 8.53. The summed E-state index contributed by atoms with van der Waals surface area (Å²) in [4.78, 5) is 14.5. The Balaban J connectivity index is 1.87. The third-order valence-electron chi connectivity index (χ3n) is 3.88. The molecule has 0 unspecified atom stereocenters. The summed E-state index contributed by atoms with van der Waals surface area (Å²) in [5, 5.41) is 16.6. The highest BCUT2D eigenvalue weighted by atomic mass is 16.5. The molecule has 1 aliphatic heterocycles. The van der Waals surface area contributed by atoms with Gasteiger partial charge in [0.1, 0.15) is 0 Å². The molecule has 24 heavy (non-hydrogen) atoms. The van der Waals surface area contributed by atoms with Crippen LogP contribution in [0.25, 0.3) is 0 Å². The van der Waals surface area contributed by atoms with E-state index in [4.69, 9.17) is 4.74 Å². The summed E-state index contributed by atoms with van der Waals surface area (Å²) in [6, 6.07) is 7.69. The lowest BCUT2D eigenvalue weighted by atomic mass is 10.1. The van der Waals surface area contributed by atoms with Gasteiger partial charge >= 0.3 is 0 Å². The number of aliphatic hydroxyl groups is 1. The third-order valence-corrected chi connectivity index (χ3v) is 3.88. The molecule has 1 heterocycles. The predicted molar refractivity (Wildman–Crippen MR) is 95.4 cm³/mol. The largest absolute Gasteiger partial charge is 0.387 e. The third kappa shape index (κ3) is 6.11. The van der Waals surface area contributed by atoms with Gasteiger partial charge in [0.2, 0.25) is 0 Å². The highest BCUT2D eigenvalue weighted by Gasteiger charge is 2.26. The van der Waals surface area contributed by atoms with Crippen molar-refractivity contribution in [2.24, 2.45) is 0 Å². The Labute approximate surface area is 144 Å². The van der Waals surface area contributed by atoms with Crippen molar-refractivity contribution in [3.05, 3.63) is 29.8 Å². The van der Waals surface area contributed by atoms with Crippen molar-refractivity contribution in [3.63, 3.8) is 0 Å². The number of β-amino-alcohol motifs (C(OH)–C–C–N with tert-alkyl or cyclic N) is 1. The number of hydrogen-bond donors (Lipinski definition) is 3. The number of nitrogens with zero attached hydrogens (tertiary/aromatic N) is 1. The summed E-state index contributed by atoms with van der Waals surface area (Å²) in [5.41, 5.74) is 0.529. The molecule has 0 saturated carbocycles. The van der Waals surface area contributed by atoms with E-state index in [1.54, 1.807) is 13.0 Å². The van der Waals surface area contributed by atoms with Crippen LogP contribution < -0.4 is 10.6 Å². The highest BCUT2D eigenvalue weighted by molar-refractivity contribution is 5.95. The Morgan fingerprint density at radius 3 is 2.75 bits per heavy atom. The van der Waals surface area contributed by atoms with Crippen LogP contribution in [0.2, 0.25) is 0 Å². The molecule has 1 amide bonds. The first kappa shape index (κ1) is 18.7. The van der Waals surface area contributed by atoms with E-state index < -0.39 is 5.60 Å². The van der Waals surface area contributed by atoms with Crippen molar-refractivity contribution in [2.45, 2.75) is 32.4 Å². The molecule has 0 radical (unpaired) electrons. The molecule has 0 aliphatic carbocycles. The lowest BCUT2D eigenvalue weighted by molar-refractivity contribution is -0.0213. The van der Waals surface area contributed by atoms with Crippen LogP contribution in [0.4, 0.5) is 5.69 Å². The molecule has 134 valence electrons. The van der Waals surface area contributed by atoms with Crippen molar-refractivity contribution in [2.75, 3.05) is 44.7 Å². The molecule has 0 spiro atoms. The van der Waals surface area contributed by atoms with E-state index >= 15 is 0 Å². The van der Waals surface area contributed by atoms with Gasteiger partial charge in [-0.2, -0.15) is 0 Å². The highest BCUT2D eigenvalue weighted by Crippen LogP contribution is 2.13. The minimum absolute atomic E-state index is 0.176.